The fourth-order valence-corrected chi connectivity index (χ4v) is 3.80. The van der Waals surface area contributed by atoms with Gasteiger partial charge >= 0.3 is 5.97 Å². The van der Waals surface area contributed by atoms with E-state index < -0.39 is 5.97 Å². The molecular weight excluding hydrogens is 367 g/mol. The first kappa shape index (κ1) is 19.0. The average Bonchev–Trinajstić information content (AvgIpc) is 2.98. The minimum Gasteiger partial charge on any atom is -0.468 e. The predicted octanol–water partition coefficient (Wildman–Crippen LogP) is 3.47. The molecule has 3 rings (SSSR count). The first-order valence-corrected chi connectivity index (χ1v) is 9.35. The number of amides is 1. The molecule has 1 heterocycles. The van der Waals surface area contributed by atoms with Crippen molar-refractivity contribution >= 4 is 33.4 Å². The van der Waals surface area contributed by atoms with Crippen molar-refractivity contribution in [1.29, 1.82) is 0 Å². The highest BCUT2D eigenvalue weighted by atomic mass is 32.1. The molecule has 5 nitrogen and oxygen atoms in total. The number of esters is 1. The molecule has 1 amide bonds. The molecule has 0 spiro atoms. The van der Waals surface area contributed by atoms with Crippen molar-refractivity contribution in [1.82, 2.24) is 4.57 Å². The van der Waals surface area contributed by atoms with Crippen molar-refractivity contribution in [2.24, 2.45) is 4.99 Å². The molecule has 0 N–H and O–H groups in total. The lowest BCUT2D eigenvalue weighted by Crippen LogP contribution is -2.22. The van der Waals surface area contributed by atoms with Crippen LogP contribution in [0.3, 0.4) is 0 Å². The Bertz CT molecular complexity index is 1020. The molecule has 0 aliphatic heterocycles. The topological polar surface area (TPSA) is 60.7 Å². The van der Waals surface area contributed by atoms with Crippen LogP contribution in [0.4, 0.5) is 4.39 Å². The van der Waals surface area contributed by atoms with Crippen LogP contribution in [0.1, 0.15) is 18.4 Å². The summed E-state index contributed by atoms with van der Waals surface area (Å²) in [7, 11) is 1.29. The van der Waals surface area contributed by atoms with Crippen LogP contribution in [0.5, 0.6) is 0 Å². The number of halogens is 1. The van der Waals surface area contributed by atoms with Gasteiger partial charge in [-0.25, -0.2) is 4.39 Å². The van der Waals surface area contributed by atoms with Crippen LogP contribution in [0.15, 0.2) is 53.5 Å². The summed E-state index contributed by atoms with van der Waals surface area (Å²) in [6.45, 7) is -0.0851. The third kappa shape index (κ3) is 4.89. The van der Waals surface area contributed by atoms with Gasteiger partial charge in [0, 0.05) is 6.42 Å². The van der Waals surface area contributed by atoms with Gasteiger partial charge in [0.1, 0.15) is 12.4 Å². The summed E-state index contributed by atoms with van der Waals surface area (Å²) in [6, 6.07) is 14.2. The predicted molar refractivity (Wildman–Crippen MR) is 102 cm³/mol. The number of nitrogens with zero attached hydrogens (tertiary/aromatic N) is 2. The minimum atomic E-state index is -0.461. The second-order valence-corrected chi connectivity index (χ2v) is 7.01. The van der Waals surface area contributed by atoms with Crippen LogP contribution in [0.25, 0.3) is 10.2 Å². The molecule has 0 aliphatic carbocycles. The zero-order chi connectivity index (χ0) is 19.2. The van der Waals surface area contributed by atoms with Gasteiger partial charge in [-0.15, -0.1) is 0 Å². The van der Waals surface area contributed by atoms with Crippen molar-refractivity contribution in [3.05, 3.63) is 64.7 Å². The lowest BCUT2D eigenvalue weighted by atomic mass is 10.1. The zero-order valence-corrected chi connectivity index (χ0v) is 15.7. The van der Waals surface area contributed by atoms with Gasteiger partial charge in [0.05, 0.1) is 17.3 Å². The quantitative estimate of drug-likeness (QED) is 0.610. The molecule has 0 unspecified atom stereocenters. The maximum atomic E-state index is 13.5. The van der Waals surface area contributed by atoms with Gasteiger partial charge in [-0.2, -0.15) is 4.99 Å². The van der Waals surface area contributed by atoms with Gasteiger partial charge in [0.15, 0.2) is 4.80 Å². The van der Waals surface area contributed by atoms with E-state index in [1.54, 1.807) is 10.6 Å². The fourth-order valence-electron chi connectivity index (χ4n) is 2.73. The molecule has 27 heavy (non-hydrogen) atoms. The van der Waals surface area contributed by atoms with E-state index >= 15 is 0 Å². The van der Waals surface area contributed by atoms with Gasteiger partial charge in [-0.3, -0.25) is 9.59 Å². The lowest BCUT2D eigenvalue weighted by Gasteiger charge is -2.03. The van der Waals surface area contributed by atoms with Gasteiger partial charge in [0.2, 0.25) is 5.91 Å². The summed E-state index contributed by atoms with van der Waals surface area (Å²) in [6.07, 6.45) is 1.78. The number of aryl methyl sites for hydroxylation is 1. The van der Waals surface area contributed by atoms with Crippen LogP contribution >= 0.6 is 11.3 Å². The molecule has 0 saturated heterocycles. The summed E-state index contributed by atoms with van der Waals surface area (Å²) < 4.78 is 20.4. The Balaban J connectivity index is 1.81. The van der Waals surface area contributed by atoms with Crippen molar-refractivity contribution in [3.8, 4) is 0 Å². The Hall–Kier alpha value is -2.80. The Kier molecular flexibility index (Phi) is 6.13. The van der Waals surface area contributed by atoms with Crippen LogP contribution in [-0.2, 0) is 27.3 Å². The summed E-state index contributed by atoms with van der Waals surface area (Å²) in [5, 5.41) is 0. The van der Waals surface area contributed by atoms with E-state index in [-0.39, 0.29) is 18.3 Å². The van der Waals surface area contributed by atoms with Crippen LogP contribution in [0, 0.1) is 5.82 Å². The number of hydrogen-bond donors (Lipinski definition) is 0. The van der Waals surface area contributed by atoms with Crippen LogP contribution in [-0.4, -0.2) is 23.6 Å². The summed E-state index contributed by atoms with van der Waals surface area (Å²) in [5.41, 5.74) is 1.81. The number of ether oxygens (including phenoxy) is 1. The number of thiazole rings is 1. The Morgan fingerprint density at radius 1 is 1.19 bits per heavy atom. The van der Waals surface area contributed by atoms with Gasteiger partial charge < -0.3 is 9.30 Å². The van der Waals surface area contributed by atoms with Crippen molar-refractivity contribution < 1.29 is 18.7 Å². The van der Waals surface area contributed by atoms with E-state index in [1.165, 1.54) is 36.1 Å². The molecule has 0 fully saturated rings. The molecule has 7 heteroatoms. The summed E-state index contributed by atoms with van der Waals surface area (Å²) in [5.74, 6) is -1.11. The van der Waals surface area contributed by atoms with Crippen molar-refractivity contribution in [3.63, 3.8) is 0 Å². The third-order valence-corrected chi connectivity index (χ3v) is 5.12. The number of benzene rings is 2. The van der Waals surface area contributed by atoms with Crippen molar-refractivity contribution in [2.75, 3.05) is 7.11 Å². The number of fused-ring (bicyclic) bond motifs is 1. The normalized spacial score (nSPS) is 11.7. The molecule has 0 saturated carbocycles. The fraction of sp³-hybridized carbons (Fsp3) is 0.250. The Morgan fingerprint density at radius 2 is 1.96 bits per heavy atom. The standard InChI is InChI=1S/C20H19FN2O3S/c1-26-19(25)13-23-16-11-10-15(21)12-17(16)27-20(23)22-18(24)9-5-8-14-6-3-2-4-7-14/h2-4,6-7,10-12H,5,8-9,13H2,1H3. The molecular formula is C20H19FN2O3S. The molecule has 0 aliphatic rings. The largest absolute Gasteiger partial charge is 0.468 e. The lowest BCUT2D eigenvalue weighted by molar-refractivity contribution is -0.141. The van der Waals surface area contributed by atoms with E-state index in [0.717, 1.165) is 6.42 Å². The highest BCUT2D eigenvalue weighted by Crippen LogP contribution is 2.19. The van der Waals surface area contributed by atoms with E-state index in [1.807, 2.05) is 30.3 Å². The molecule has 2 aromatic carbocycles. The highest BCUT2D eigenvalue weighted by molar-refractivity contribution is 7.16. The number of carbonyl (C=O) groups excluding carboxylic acids is 2. The number of carbonyl (C=O) groups is 2. The maximum absolute atomic E-state index is 13.5. The van der Waals surface area contributed by atoms with E-state index in [9.17, 15) is 14.0 Å². The second kappa shape index (κ2) is 8.73. The van der Waals surface area contributed by atoms with E-state index in [0.29, 0.717) is 27.9 Å². The number of hydrogen-bond acceptors (Lipinski definition) is 4. The Labute approximate surface area is 159 Å². The Morgan fingerprint density at radius 3 is 2.70 bits per heavy atom. The molecule has 1 aromatic heterocycles. The smallest absolute Gasteiger partial charge is 0.325 e. The molecule has 3 aromatic rings. The maximum Gasteiger partial charge on any atom is 0.325 e. The number of aromatic nitrogens is 1. The monoisotopic (exact) mass is 386 g/mol. The first-order chi connectivity index (χ1) is 13.1. The van der Waals surface area contributed by atoms with Gasteiger partial charge in [-0.1, -0.05) is 41.7 Å². The zero-order valence-electron chi connectivity index (χ0n) is 14.9. The third-order valence-electron chi connectivity index (χ3n) is 4.08. The SMILES string of the molecule is COC(=O)Cn1c(=NC(=O)CCCc2ccccc2)sc2cc(F)ccc21. The van der Waals surface area contributed by atoms with E-state index in [2.05, 4.69) is 4.99 Å². The number of rotatable bonds is 6. The number of methoxy groups -OCH3 is 1. The van der Waals surface area contributed by atoms with E-state index in [4.69, 9.17) is 4.74 Å². The molecule has 0 bridgehead atoms. The van der Waals surface area contributed by atoms with Gasteiger partial charge in [0.25, 0.3) is 0 Å². The van der Waals surface area contributed by atoms with Crippen LogP contribution in [0.2, 0.25) is 0 Å². The minimum absolute atomic E-state index is 0.0851. The van der Waals surface area contributed by atoms with Crippen molar-refractivity contribution in [2.45, 2.75) is 25.8 Å². The molecule has 140 valence electrons. The average molecular weight is 386 g/mol. The second-order valence-electron chi connectivity index (χ2n) is 6.00. The van der Waals surface area contributed by atoms with Crippen LogP contribution < -0.4 is 4.80 Å². The molecule has 0 radical (unpaired) electrons. The summed E-state index contributed by atoms with van der Waals surface area (Å²) >= 11 is 1.18. The first-order valence-electron chi connectivity index (χ1n) is 8.54. The molecule has 0 atom stereocenters. The van der Waals surface area contributed by atoms with Gasteiger partial charge in [-0.05, 0) is 36.6 Å². The highest BCUT2D eigenvalue weighted by Gasteiger charge is 2.12. The summed E-state index contributed by atoms with van der Waals surface area (Å²) in [4.78, 5) is 28.5.